The molecule has 2 aromatic rings. The zero-order valence-electron chi connectivity index (χ0n) is 16.5. The molecule has 9 heteroatoms. The molecule has 1 N–H and O–H groups in total. The topological polar surface area (TPSA) is 101 Å². The molecule has 7 nitrogen and oxygen atoms in total. The maximum atomic E-state index is 13.4. The van der Waals surface area contributed by atoms with Crippen molar-refractivity contribution in [3.05, 3.63) is 42.0 Å². The summed E-state index contributed by atoms with van der Waals surface area (Å²) in [5.74, 6) is -0.683. The Morgan fingerprint density at radius 3 is 2.53 bits per heavy atom. The number of Topliss-reactive ketones (excluding diaryl/α,β-unsaturated/α-hetero) is 1. The van der Waals surface area contributed by atoms with Crippen LogP contribution in [0.1, 0.15) is 23.7 Å². The molecule has 1 amide bonds. The van der Waals surface area contributed by atoms with Crippen LogP contribution in [0, 0.1) is 0 Å². The van der Waals surface area contributed by atoms with Gasteiger partial charge in [-0.25, -0.2) is 4.79 Å². The highest BCUT2D eigenvalue weighted by Crippen LogP contribution is 2.32. The first-order valence-electron chi connectivity index (χ1n) is 9.20. The number of hydrogen-bond acceptors (Lipinski definition) is 7. The Morgan fingerprint density at radius 2 is 1.90 bits per heavy atom. The summed E-state index contributed by atoms with van der Waals surface area (Å²) in [6.07, 6.45) is -0.242. The third-order valence-corrected chi connectivity index (χ3v) is 6.83. The van der Waals surface area contributed by atoms with Crippen molar-refractivity contribution in [2.24, 2.45) is 0 Å². The number of carboxylic acids is 1. The maximum absolute atomic E-state index is 13.4. The predicted octanol–water partition coefficient (Wildman–Crippen LogP) is 3.06. The summed E-state index contributed by atoms with van der Waals surface area (Å²) >= 11 is 2.15. The van der Waals surface area contributed by atoms with Crippen molar-refractivity contribution >= 4 is 57.1 Å². The molecule has 158 valence electrons. The second-order valence-electron chi connectivity index (χ2n) is 6.74. The van der Waals surface area contributed by atoms with Crippen LogP contribution in [0.2, 0.25) is 0 Å². The first-order valence-corrected chi connectivity index (χ1v) is 11.2. The summed E-state index contributed by atoms with van der Waals surface area (Å²) in [5, 5.41) is 9.52. The number of fused-ring (bicyclic) bond motifs is 1. The van der Waals surface area contributed by atoms with Gasteiger partial charge in [-0.3, -0.25) is 14.4 Å². The summed E-state index contributed by atoms with van der Waals surface area (Å²) in [6.45, 7) is 1.34. The van der Waals surface area contributed by atoms with Crippen molar-refractivity contribution in [3.63, 3.8) is 0 Å². The summed E-state index contributed by atoms with van der Waals surface area (Å²) in [6, 6.07) is 9.67. The van der Waals surface area contributed by atoms with Crippen LogP contribution in [0.15, 0.2) is 36.4 Å². The lowest BCUT2D eigenvalue weighted by molar-refractivity contribution is -0.147. The highest BCUT2D eigenvalue weighted by Gasteiger charge is 2.37. The average Bonchev–Trinajstić information content (AvgIpc) is 3.22. The monoisotopic (exact) mass is 447 g/mol. The molecule has 0 bridgehead atoms. The summed E-state index contributed by atoms with van der Waals surface area (Å²) in [4.78, 5) is 50.6. The van der Waals surface area contributed by atoms with Gasteiger partial charge in [0.1, 0.15) is 11.8 Å². The van der Waals surface area contributed by atoms with Crippen molar-refractivity contribution in [1.29, 1.82) is 0 Å². The SMILES string of the molecule is COc1ccc(C(=O)C(CC(=O)N2CSC[C@H]2C(=O)O)SC(C)=O)c2ccccc12. The zero-order valence-corrected chi connectivity index (χ0v) is 18.1. The number of rotatable bonds is 7. The summed E-state index contributed by atoms with van der Waals surface area (Å²) in [7, 11) is 1.54. The van der Waals surface area contributed by atoms with Crippen LogP contribution in [0.25, 0.3) is 10.8 Å². The molecule has 1 aliphatic rings. The van der Waals surface area contributed by atoms with Gasteiger partial charge in [-0.2, -0.15) is 0 Å². The van der Waals surface area contributed by atoms with Crippen molar-refractivity contribution in [2.75, 3.05) is 18.7 Å². The Morgan fingerprint density at radius 1 is 1.20 bits per heavy atom. The van der Waals surface area contributed by atoms with E-state index >= 15 is 0 Å². The molecule has 1 fully saturated rings. The third kappa shape index (κ3) is 4.62. The van der Waals surface area contributed by atoms with Gasteiger partial charge >= 0.3 is 5.97 Å². The zero-order chi connectivity index (χ0) is 21.8. The highest BCUT2D eigenvalue weighted by atomic mass is 32.2. The van der Waals surface area contributed by atoms with E-state index < -0.39 is 23.2 Å². The molecule has 3 rings (SSSR count). The lowest BCUT2D eigenvalue weighted by Crippen LogP contribution is -2.43. The normalized spacial score (nSPS) is 17.0. The van der Waals surface area contributed by atoms with E-state index in [0.717, 1.165) is 17.1 Å². The largest absolute Gasteiger partial charge is 0.496 e. The molecule has 2 atom stereocenters. The van der Waals surface area contributed by atoms with Crippen LogP contribution in [0.3, 0.4) is 0 Å². The maximum Gasteiger partial charge on any atom is 0.327 e. The second-order valence-corrected chi connectivity index (χ2v) is 9.12. The van der Waals surface area contributed by atoms with Crippen LogP contribution >= 0.6 is 23.5 Å². The number of carbonyl (C=O) groups is 4. The minimum atomic E-state index is -1.07. The molecule has 1 unspecified atom stereocenters. The quantitative estimate of drug-likeness (QED) is 0.647. The number of ketones is 1. The van der Waals surface area contributed by atoms with Gasteiger partial charge in [-0.05, 0) is 17.5 Å². The molecule has 0 aliphatic carbocycles. The van der Waals surface area contributed by atoms with Crippen LogP contribution in [-0.2, 0) is 14.4 Å². The molecule has 0 spiro atoms. The van der Waals surface area contributed by atoms with Crippen molar-refractivity contribution in [3.8, 4) is 5.75 Å². The highest BCUT2D eigenvalue weighted by molar-refractivity contribution is 8.14. The number of aliphatic carboxylic acids is 1. The van der Waals surface area contributed by atoms with E-state index in [1.807, 2.05) is 12.1 Å². The van der Waals surface area contributed by atoms with Gasteiger partial charge in [-0.1, -0.05) is 36.0 Å². The first kappa shape index (κ1) is 22.2. The molecular weight excluding hydrogens is 426 g/mol. The van der Waals surface area contributed by atoms with Crippen LogP contribution in [-0.4, -0.2) is 62.8 Å². The molecular formula is C21H21NO6S2. The average molecular weight is 448 g/mol. The Bertz CT molecular complexity index is 1010. The number of benzene rings is 2. The van der Waals surface area contributed by atoms with E-state index in [1.54, 1.807) is 31.4 Å². The number of thioether (sulfide) groups is 2. The minimum Gasteiger partial charge on any atom is -0.496 e. The third-order valence-electron chi connectivity index (χ3n) is 4.82. The first-order chi connectivity index (χ1) is 14.3. The number of ether oxygens (including phenoxy) is 1. The molecule has 1 saturated heterocycles. The van der Waals surface area contributed by atoms with E-state index in [9.17, 15) is 24.3 Å². The van der Waals surface area contributed by atoms with Crippen molar-refractivity contribution in [2.45, 2.75) is 24.6 Å². The Kier molecular flexibility index (Phi) is 7.04. The molecule has 0 radical (unpaired) electrons. The molecule has 0 saturated carbocycles. The summed E-state index contributed by atoms with van der Waals surface area (Å²) in [5.41, 5.74) is 0.392. The Hall–Kier alpha value is -2.52. The van der Waals surface area contributed by atoms with E-state index in [1.165, 1.54) is 23.6 Å². The van der Waals surface area contributed by atoms with Crippen LogP contribution in [0.4, 0.5) is 0 Å². The molecule has 1 heterocycles. The fraction of sp³-hybridized carbons (Fsp3) is 0.333. The van der Waals surface area contributed by atoms with Crippen molar-refractivity contribution < 1.29 is 29.0 Å². The lowest BCUT2D eigenvalue weighted by atomic mass is 9.98. The predicted molar refractivity (Wildman–Crippen MR) is 117 cm³/mol. The number of hydrogen-bond donors (Lipinski definition) is 1. The molecule has 0 aromatic heterocycles. The Balaban J connectivity index is 1.92. The number of carbonyl (C=O) groups excluding carboxylic acids is 3. The van der Waals surface area contributed by atoms with Gasteiger partial charge in [0, 0.05) is 30.0 Å². The van der Waals surface area contributed by atoms with Gasteiger partial charge in [-0.15, -0.1) is 11.8 Å². The fourth-order valence-corrected chi connectivity index (χ4v) is 5.43. The second kappa shape index (κ2) is 9.53. The van der Waals surface area contributed by atoms with E-state index in [2.05, 4.69) is 0 Å². The van der Waals surface area contributed by atoms with Gasteiger partial charge in [0.2, 0.25) is 5.91 Å². The molecule has 1 aliphatic heterocycles. The lowest BCUT2D eigenvalue weighted by Gasteiger charge is -2.23. The number of carboxylic acid groups (broad SMARTS) is 1. The van der Waals surface area contributed by atoms with Gasteiger partial charge in [0.25, 0.3) is 0 Å². The minimum absolute atomic E-state index is 0.242. The number of amides is 1. The number of methoxy groups -OCH3 is 1. The molecule has 30 heavy (non-hydrogen) atoms. The van der Waals surface area contributed by atoms with Crippen LogP contribution in [0.5, 0.6) is 5.75 Å². The Labute approximate surface area is 182 Å². The van der Waals surface area contributed by atoms with Gasteiger partial charge < -0.3 is 14.7 Å². The van der Waals surface area contributed by atoms with Crippen LogP contribution < -0.4 is 4.74 Å². The van der Waals surface area contributed by atoms with E-state index in [4.69, 9.17) is 4.74 Å². The van der Waals surface area contributed by atoms with Gasteiger partial charge in [0.05, 0.1) is 18.2 Å². The van der Waals surface area contributed by atoms with Gasteiger partial charge in [0.15, 0.2) is 10.9 Å². The van der Waals surface area contributed by atoms with E-state index in [-0.39, 0.29) is 23.2 Å². The summed E-state index contributed by atoms with van der Waals surface area (Å²) < 4.78 is 5.36. The number of nitrogens with zero attached hydrogens (tertiary/aromatic N) is 1. The van der Waals surface area contributed by atoms with Crippen molar-refractivity contribution in [1.82, 2.24) is 4.90 Å². The standard InChI is InChI=1S/C21H21NO6S2/c1-12(23)30-18(9-19(24)22-11-29-10-16(22)21(26)27)20(25)15-7-8-17(28-2)14-6-4-3-5-13(14)15/h3-8,16,18H,9-11H2,1-2H3,(H,26,27)/t16-,18?/m0/s1. The molecule has 2 aromatic carbocycles. The fourth-order valence-electron chi connectivity index (χ4n) is 3.39. The van der Waals surface area contributed by atoms with E-state index in [0.29, 0.717) is 22.5 Å². The smallest absolute Gasteiger partial charge is 0.327 e.